The molecule has 0 aliphatic rings. The summed E-state index contributed by atoms with van der Waals surface area (Å²) in [5, 5.41) is 8.10. The summed E-state index contributed by atoms with van der Waals surface area (Å²) in [6.07, 6.45) is 0. The number of nitrogens with one attached hydrogen (secondary N) is 1. The van der Waals surface area contributed by atoms with Crippen LogP contribution in [0.25, 0.3) is 28.0 Å². The fourth-order valence-corrected chi connectivity index (χ4v) is 2.70. The molecule has 4 aromatic rings. The number of rotatable bonds is 3. The highest BCUT2D eigenvalue weighted by molar-refractivity contribution is 5.99. The molecule has 0 fully saturated rings. The lowest BCUT2D eigenvalue weighted by Crippen LogP contribution is -2.16. The summed E-state index contributed by atoms with van der Waals surface area (Å²) in [5.74, 6) is 0.0107. The molecule has 0 spiro atoms. The van der Waals surface area contributed by atoms with Gasteiger partial charge in [0.05, 0.1) is 11.1 Å². The summed E-state index contributed by atoms with van der Waals surface area (Å²) >= 11 is 0. The SMILES string of the molecule is CNC(=O)c1cc2c(-c3ccccc3)nn(-c3ccccc3)c2o1. The van der Waals surface area contributed by atoms with Crippen LogP contribution in [0.15, 0.2) is 71.1 Å². The fourth-order valence-electron chi connectivity index (χ4n) is 2.70. The summed E-state index contributed by atoms with van der Waals surface area (Å²) in [6.45, 7) is 0. The van der Waals surface area contributed by atoms with Gasteiger partial charge >= 0.3 is 0 Å². The number of hydrogen-bond donors (Lipinski definition) is 1. The van der Waals surface area contributed by atoms with Crippen molar-refractivity contribution in [2.24, 2.45) is 0 Å². The van der Waals surface area contributed by atoms with Crippen LogP contribution in [-0.4, -0.2) is 22.7 Å². The molecule has 0 aliphatic carbocycles. The van der Waals surface area contributed by atoms with Crippen LogP contribution in [0.2, 0.25) is 0 Å². The van der Waals surface area contributed by atoms with Crippen molar-refractivity contribution in [1.82, 2.24) is 15.1 Å². The summed E-state index contributed by atoms with van der Waals surface area (Å²) in [4.78, 5) is 11.9. The van der Waals surface area contributed by atoms with Crippen LogP contribution >= 0.6 is 0 Å². The van der Waals surface area contributed by atoms with Gasteiger partial charge < -0.3 is 9.73 Å². The summed E-state index contributed by atoms with van der Waals surface area (Å²) in [5.41, 5.74) is 3.19. The molecule has 1 amide bonds. The topological polar surface area (TPSA) is 60.1 Å². The molecular weight excluding hydrogens is 302 g/mol. The number of benzene rings is 2. The van der Waals surface area contributed by atoms with Crippen molar-refractivity contribution < 1.29 is 9.21 Å². The number of carbonyl (C=O) groups excluding carboxylic acids is 1. The molecule has 2 aromatic heterocycles. The van der Waals surface area contributed by atoms with Crippen molar-refractivity contribution in [3.05, 3.63) is 72.5 Å². The molecule has 0 saturated carbocycles. The molecule has 0 saturated heterocycles. The predicted molar refractivity (Wildman–Crippen MR) is 92.2 cm³/mol. The number of fused-ring (bicyclic) bond motifs is 1. The molecule has 5 nitrogen and oxygen atoms in total. The Morgan fingerprint density at radius 1 is 1.04 bits per heavy atom. The first-order valence-corrected chi connectivity index (χ1v) is 7.63. The average Bonchev–Trinajstić information content (AvgIpc) is 3.22. The second-order valence-corrected chi connectivity index (χ2v) is 5.37. The Kier molecular flexibility index (Phi) is 3.39. The van der Waals surface area contributed by atoms with Gasteiger partial charge in [-0.25, -0.2) is 0 Å². The van der Waals surface area contributed by atoms with Gasteiger partial charge in [-0.2, -0.15) is 9.78 Å². The number of aromatic nitrogens is 2. The van der Waals surface area contributed by atoms with Crippen molar-refractivity contribution >= 4 is 17.0 Å². The van der Waals surface area contributed by atoms with E-state index in [1.807, 2.05) is 60.7 Å². The molecule has 0 radical (unpaired) electrons. The van der Waals surface area contributed by atoms with Gasteiger partial charge in [-0.05, 0) is 12.1 Å². The Labute approximate surface area is 138 Å². The van der Waals surface area contributed by atoms with Crippen LogP contribution in [0, 0.1) is 0 Å². The minimum Gasteiger partial charge on any atom is -0.432 e. The van der Waals surface area contributed by atoms with E-state index < -0.39 is 0 Å². The molecule has 0 aliphatic heterocycles. The molecule has 0 bridgehead atoms. The number of nitrogens with zero attached hydrogens (tertiary/aromatic N) is 2. The van der Waals surface area contributed by atoms with E-state index >= 15 is 0 Å². The normalized spacial score (nSPS) is 10.9. The maximum atomic E-state index is 11.9. The van der Waals surface area contributed by atoms with Gasteiger partial charge in [0.2, 0.25) is 5.71 Å². The smallest absolute Gasteiger partial charge is 0.286 e. The van der Waals surface area contributed by atoms with Gasteiger partial charge in [0.15, 0.2) is 5.76 Å². The predicted octanol–water partition coefficient (Wildman–Crippen LogP) is 3.65. The quantitative estimate of drug-likeness (QED) is 0.627. The summed E-state index contributed by atoms with van der Waals surface area (Å²) in [7, 11) is 1.58. The highest BCUT2D eigenvalue weighted by atomic mass is 16.4. The minimum absolute atomic E-state index is 0.259. The maximum absolute atomic E-state index is 11.9. The Morgan fingerprint density at radius 2 is 1.71 bits per heavy atom. The molecule has 118 valence electrons. The number of hydrogen-bond acceptors (Lipinski definition) is 3. The van der Waals surface area contributed by atoms with Gasteiger partial charge in [-0.15, -0.1) is 0 Å². The lowest BCUT2D eigenvalue weighted by atomic mass is 10.1. The van der Waals surface area contributed by atoms with E-state index in [0.29, 0.717) is 5.71 Å². The van der Waals surface area contributed by atoms with E-state index in [-0.39, 0.29) is 11.7 Å². The number of amides is 1. The first kappa shape index (κ1) is 14.3. The zero-order chi connectivity index (χ0) is 16.5. The molecule has 2 aromatic carbocycles. The Bertz CT molecular complexity index is 929. The van der Waals surface area contributed by atoms with Crippen molar-refractivity contribution in [2.75, 3.05) is 7.05 Å². The first-order valence-electron chi connectivity index (χ1n) is 7.63. The van der Waals surface area contributed by atoms with E-state index in [9.17, 15) is 4.79 Å². The molecule has 5 heteroatoms. The lowest BCUT2D eigenvalue weighted by Gasteiger charge is -2.01. The van der Waals surface area contributed by atoms with Crippen LogP contribution in [-0.2, 0) is 0 Å². The van der Waals surface area contributed by atoms with E-state index in [2.05, 4.69) is 5.32 Å². The summed E-state index contributed by atoms with van der Waals surface area (Å²) < 4.78 is 7.52. The standard InChI is InChI=1S/C19H15N3O2/c1-20-18(23)16-12-15-17(13-8-4-2-5-9-13)21-22(19(15)24-16)14-10-6-3-7-11-14/h2-12H,1H3,(H,20,23). The number of furan rings is 1. The van der Waals surface area contributed by atoms with Crippen LogP contribution in [0.4, 0.5) is 0 Å². The molecule has 0 unspecified atom stereocenters. The third kappa shape index (κ3) is 2.27. The van der Waals surface area contributed by atoms with Crippen molar-refractivity contribution in [3.63, 3.8) is 0 Å². The minimum atomic E-state index is -0.259. The molecular formula is C19H15N3O2. The highest BCUT2D eigenvalue weighted by Gasteiger charge is 2.20. The molecule has 1 N–H and O–H groups in total. The Balaban J connectivity index is 1.99. The third-order valence-electron chi connectivity index (χ3n) is 3.86. The lowest BCUT2D eigenvalue weighted by molar-refractivity contribution is 0.0937. The van der Waals surface area contributed by atoms with Crippen molar-refractivity contribution in [3.8, 4) is 16.9 Å². The molecule has 24 heavy (non-hydrogen) atoms. The fraction of sp³-hybridized carbons (Fsp3) is 0.0526. The van der Waals surface area contributed by atoms with Crippen molar-refractivity contribution in [2.45, 2.75) is 0 Å². The number of para-hydroxylation sites is 1. The largest absolute Gasteiger partial charge is 0.432 e. The van der Waals surface area contributed by atoms with Gasteiger partial charge in [0.1, 0.15) is 5.69 Å². The van der Waals surface area contributed by atoms with Gasteiger partial charge in [-0.1, -0.05) is 48.5 Å². The average molecular weight is 317 g/mol. The molecule has 4 rings (SSSR count). The number of carbonyl (C=O) groups is 1. The second-order valence-electron chi connectivity index (χ2n) is 5.37. The Hall–Kier alpha value is -3.34. The first-order chi connectivity index (χ1) is 11.8. The van der Waals surface area contributed by atoms with Crippen LogP contribution < -0.4 is 5.32 Å². The van der Waals surface area contributed by atoms with Gasteiger partial charge in [0, 0.05) is 18.7 Å². The molecule has 2 heterocycles. The van der Waals surface area contributed by atoms with Gasteiger partial charge in [0.25, 0.3) is 5.91 Å². The van der Waals surface area contributed by atoms with Crippen LogP contribution in [0.1, 0.15) is 10.6 Å². The second kappa shape index (κ2) is 5.70. The Morgan fingerprint density at radius 3 is 2.38 bits per heavy atom. The van der Waals surface area contributed by atoms with Crippen LogP contribution in [0.5, 0.6) is 0 Å². The van der Waals surface area contributed by atoms with Crippen LogP contribution in [0.3, 0.4) is 0 Å². The maximum Gasteiger partial charge on any atom is 0.286 e. The molecule has 0 atom stereocenters. The highest BCUT2D eigenvalue weighted by Crippen LogP contribution is 2.32. The van der Waals surface area contributed by atoms with E-state index in [4.69, 9.17) is 9.52 Å². The van der Waals surface area contributed by atoms with E-state index in [1.54, 1.807) is 17.8 Å². The van der Waals surface area contributed by atoms with Crippen molar-refractivity contribution in [1.29, 1.82) is 0 Å². The zero-order valence-corrected chi connectivity index (χ0v) is 13.1. The monoisotopic (exact) mass is 317 g/mol. The summed E-state index contributed by atoms with van der Waals surface area (Å²) in [6, 6.07) is 21.3. The van der Waals surface area contributed by atoms with E-state index in [1.165, 1.54) is 0 Å². The zero-order valence-electron chi connectivity index (χ0n) is 13.1. The van der Waals surface area contributed by atoms with E-state index in [0.717, 1.165) is 22.3 Å². The third-order valence-corrected chi connectivity index (χ3v) is 3.86. The van der Waals surface area contributed by atoms with Gasteiger partial charge in [-0.3, -0.25) is 4.79 Å².